The van der Waals surface area contributed by atoms with Gasteiger partial charge in [-0.05, 0) is 27.2 Å². The van der Waals surface area contributed by atoms with E-state index in [1.807, 2.05) is 0 Å². The van der Waals surface area contributed by atoms with Gasteiger partial charge in [0.1, 0.15) is 5.72 Å². The lowest BCUT2D eigenvalue weighted by molar-refractivity contribution is -0.0532. The van der Waals surface area contributed by atoms with E-state index in [0.717, 1.165) is 6.61 Å². The summed E-state index contributed by atoms with van der Waals surface area (Å²) in [5.41, 5.74) is -0.0346. The number of ether oxygens (including phenoxy) is 1. The van der Waals surface area contributed by atoms with Crippen LogP contribution < -0.4 is 0 Å². The fourth-order valence-corrected chi connectivity index (χ4v) is 2.05. The Bertz CT molecular complexity index is 156. The second-order valence-corrected chi connectivity index (χ2v) is 4.51. The zero-order chi connectivity index (χ0) is 9.90. The summed E-state index contributed by atoms with van der Waals surface area (Å²) >= 11 is 0. The van der Waals surface area contributed by atoms with Gasteiger partial charge in [0.05, 0.1) is 6.61 Å². The summed E-state index contributed by atoms with van der Waals surface area (Å²) in [6, 6.07) is 0.590. The normalized spacial score (nSPS) is 28.2. The molecule has 0 aromatic carbocycles. The van der Waals surface area contributed by atoms with E-state index in [-0.39, 0.29) is 5.72 Å². The van der Waals surface area contributed by atoms with Crippen molar-refractivity contribution in [1.82, 2.24) is 4.90 Å². The lowest BCUT2D eigenvalue weighted by atomic mass is 10.2. The minimum absolute atomic E-state index is 0.0346. The maximum atomic E-state index is 5.72. The average Bonchev–Trinajstić information content (AvgIpc) is 2.31. The third-order valence-electron chi connectivity index (χ3n) is 2.90. The topological polar surface area (TPSA) is 12.5 Å². The molecule has 2 heteroatoms. The van der Waals surface area contributed by atoms with Crippen molar-refractivity contribution in [3.05, 3.63) is 0 Å². The molecule has 0 N–H and O–H groups in total. The molecule has 1 aliphatic heterocycles. The summed E-state index contributed by atoms with van der Waals surface area (Å²) in [6.45, 7) is 10.9. The number of hydrogen-bond donors (Lipinski definition) is 0. The molecule has 0 aromatic heterocycles. The van der Waals surface area contributed by atoms with Gasteiger partial charge in [-0.1, -0.05) is 19.8 Å². The number of rotatable bonds is 4. The molecule has 78 valence electrons. The second kappa shape index (κ2) is 4.43. The van der Waals surface area contributed by atoms with Gasteiger partial charge in [0.25, 0.3) is 0 Å². The van der Waals surface area contributed by atoms with Crippen LogP contribution in [0.1, 0.15) is 47.0 Å². The molecule has 0 spiro atoms. The third kappa shape index (κ3) is 2.68. The molecule has 13 heavy (non-hydrogen) atoms. The van der Waals surface area contributed by atoms with Gasteiger partial charge in [-0.15, -0.1) is 0 Å². The van der Waals surface area contributed by atoms with Crippen LogP contribution in [0.5, 0.6) is 0 Å². The van der Waals surface area contributed by atoms with Crippen LogP contribution in [-0.2, 0) is 4.74 Å². The predicted molar refractivity (Wildman–Crippen MR) is 55.7 cm³/mol. The Kier molecular flexibility index (Phi) is 3.74. The van der Waals surface area contributed by atoms with Crippen molar-refractivity contribution in [2.75, 3.05) is 13.2 Å². The van der Waals surface area contributed by atoms with Gasteiger partial charge in [-0.2, -0.15) is 0 Å². The van der Waals surface area contributed by atoms with E-state index in [1.54, 1.807) is 0 Å². The van der Waals surface area contributed by atoms with Gasteiger partial charge in [0, 0.05) is 12.6 Å². The van der Waals surface area contributed by atoms with Gasteiger partial charge in [0.15, 0.2) is 0 Å². The van der Waals surface area contributed by atoms with Crippen LogP contribution in [0.3, 0.4) is 0 Å². The van der Waals surface area contributed by atoms with E-state index in [0.29, 0.717) is 6.04 Å². The Balaban J connectivity index is 2.37. The third-order valence-corrected chi connectivity index (χ3v) is 2.90. The molecule has 1 saturated heterocycles. The zero-order valence-electron chi connectivity index (χ0n) is 9.47. The van der Waals surface area contributed by atoms with Gasteiger partial charge in [-0.3, -0.25) is 4.90 Å². The van der Waals surface area contributed by atoms with Crippen molar-refractivity contribution in [2.24, 2.45) is 0 Å². The molecule has 0 saturated carbocycles. The van der Waals surface area contributed by atoms with E-state index in [1.165, 1.54) is 25.8 Å². The molecule has 1 unspecified atom stereocenters. The molecule has 2 nitrogen and oxygen atoms in total. The van der Waals surface area contributed by atoms with Crippen molar-refractivity contribution < 1.29 is 4.74 Å². The maximum Gasteiger partial charge on any atom is 0.116 e. The average molecular weight is 185 g/mol. The summed E-state index contributed by atoms with van der Waals surface area (Å²) in [7, 11) is 0. The van der Waals surface area contributed by atoms with E-state index < -0.39 is 0 Å². The van der Waals surface area contributed by atoms with Crippen LogP contribution in [0.15, 0.2) is 0 Å². The molecular formula is C11H23NO. The fraction of sp³-hybridized carbons (Fsp3) is 1.00. The first-order chi connectivity index (χ1) is 6.08. The molecule has 0 radical (unpaired) electrons. The highest BCUT2D eigenvalue weighted by Crippen LogP contribution is 2.27. The van der Waals surface area contributed by atoms with Crippen molar-refractivity contribution in [2.45, 2.75) is 58.7 Å². The molecule has 0 aliphatic carbocycles. The van der Waals surface area contributed by atoms with Gasteiger partial charge < -0.3 is 4.74 Å². The fourth-order valence-electron chi connectivity index (χ4n) is 2.05. The summed E-state index contributed by atoms with van der Waals surface area (Å²) in [5, 5.41) is 0. The Morgan fingerprint density at radius 1 is 1.38 bits per heavy atom. The molecule has 1 aliphatic rings. The van der Waals surface area contributed by atoms with Crippen molar-refractivity contribution in [1.29, 1.82) is 0 Å². The van der Waals surface area contributed by atoms with Crippen LogP contribution in [0.4, 0.5) is 0 Å². The predicted octanol–water partition coefficient (Wildman–Crippen LogP) is 2.63. The second-order valence-electron chi connectivity index (χ2n) is 4.51. The highest BCUT2D eigenvalue weighted by Gasteiger charge is 2.37. The first-order valence-corrected chi connectivity index (χ1v) is 5.48. The Labute approximate surface area is 82.3 Å². The molecule has 0 aromatic rings. The molecule has 1 atom stereocenters. The first-order valence-electron chi connectivity index (χ1n) is 5.48. The monoisotopic (exact) mass is 185 g/mol. The molecule has 0 bridgehead atoms. The Hall–Kier alpha value is -0.0800. The Morgan fingerprint density at radius 2 is 2.08 bits per heavy atom. The van der Waals surface area contributed by atoms with Gasteiger partial charge in [0.2, 0.25) is 0 Å². The smallest absolute Gasteiger partial charge is 0.116 e. The van der Waals surface area contributed by atoms with Crippen LogP contribution in [0.2, 0.25) is 0 Å². The zero-order valence-corrected chi connectivity index (χ0v) is 9.47. The van der Waals surface area contributed by atoms with Crippen LogP contribution in [0.25, 0.3) is 0 Å². The quantitative estimate of drug-likeness (QED) is 0.624. The van der Waals surface area contributed by atoms with Crippen LogP contribution >= 0.6 is 0 Å². The van der Waals surface area contributed by atoms with E-state index >= 15 is 0 Å². The number of unbranched alkanes of at least 4 members (excludes halogenated alkanes) is 2. The molecule has 0 amide bonds. The van der Waals surface area contributed by atoms with E-state index in [2.05, 4.69) is 32.6 Å². The van der Waals surface area contributed by atoms with Gasteiger partial charge >= 0.3 is 0 Å². The van der Waals surface area contributed by atoms with Crippen LogP contribution in [-0.4, -0.2) is 29.8 Å². The van der Waals surface area contributed by atoms with E-state index in [9.17, 15) is 0 Å². The number of nitrogens with zero attached hydrogens (tertiary/aromatic N) is 1. The summed E-state index contributed by atoms with van der Waals surface area (Å²) in [6.07, 6.45) is 3.93. The standard InChI is InChI=1S/C11H23NO/c1-5-6-7-8-12-10(2)9-13-11(12,3)4/h10H,5-9H2,1-4H3. The minimum atomic E-state index is -0.0346. The maximum absolute atomic E-state index is 5.72. The van der Waals surface area contributed by atoms with Crippen LogP contribution in [0, 0.1) is 0 Å². The van der Waals surface area contributed by atoms with Crippen molar-refractivity contribution in [3.63, 3.8) is 0 Å². The lowest BCUT2D eigenvalue weighted by Gasteiger charge is -2.32. The lowest BCUT2D eigenvalue weighted by Crippen LogP contribution is -2.43. The molecular weight excluding hydrogens is 162 g/mol. The first kappa shape index (κ1) is 11.0. The molecule has 1 heterocycles. The van der Waals surface area contributed by atoms with Crippen molar-refractivity contribution >= 4 is 0 Å². The molecule has 1 rings (SSSR count). The Morgan fingerprint density at radius 3 is 2.54 bits per heavy atom. The highest BCUT2D eigenvalue weighted by molar-refractivity contribution is 4.83. The minimum Gasteiger partial charge on any atom is -0.359 e. The summed E-state index contributed by atoms with van der Waals surface area (Å²) in [4.78, 5) is 2.47. The highest BCUT2D eigenvalue weighted by atomic mass is 16.5. The summed E-state index contributed by atoms with van der Waals surface area (Å²) < 4.78 is 5.72. The number of hydrogen-bond acceptors (Lipinski definition) is 2. The molecule has 1 fully saturated rings. The largest absolute Gasteiger partial charge is 0.359 e. The van der Waals surface area contributed by atoms with E-state index in [4.69, 9.17) is 4.74 Å². The summed E-state index contributed by atoms with van der Waals surface area (Å²) in [5.74, 6) is 0. The van der Waals surface area contributed by atoms with Gasteiger partial charge in [-0.25, -0.2) is 0 Å². The van der Waals surface area contributed by atoms with Crippen molar-refractivity contribution in [3.8, 4) is 0 Å². The SMILES string of the molecule is CCCCCN1C(C)COC1(C)C.